The molecule has 1 atom stereocenters. The Morgan fingerprint density at radius 3 is 2.47 bits per heavy atom. The van der Waals surface area contributed by atoms with E-state index in [-0.39, 0.29) is 18.1 Å². The molecule has 0 radical (unpaired) electrons. The van der Waals surface area contributed by atoms with Crippen LogP contribution in [0.2, 0.25) is 0 Å². The molecule has 4 heteroatoms. The largest absolute Gasteiger partial charge is 0.463 e. The molecule has 0 aliphatic rings. The summed E-state index contributed by atoms with van der Waals surface area (Å²) < 4.78 is 10.3. The lowest BCUT2D eigenvalue weighted by Crippen LogP contribution is -2.29. The van der Waals surface area contributed by atoms with E-state index in [1.807, 2.05) is 27.7 Å². The monoisotopic (exact) mass is 217 g/mol. The number of carbonyl (C=O) groups is 1. The van der Waals surface area contributed by atoms with Crippen LogP contribution in [0, 0.1) is 0 Å². The molecular weight excluding hydrogens is 194 g/mol. The lowest BCUT2D eigenvalue weighted by atomic mass is 10.2. The maximum atomic E-state index is 11.3. The first kappa shape index (κ1) is 14.4. The van der Waals surface area contributed by atoms with E-state index >= 15 is 0 Å². The van der Waals surface area contributed by atoms with Gasteiger partial charge in [-0.05, 0) is 27.3 Å². The normalized spacial score (nSPS) is 12.9. The van der Waals surface area contributed by atoms with Crippen LogP contribution in [-0.4, -0.2) is 37.9 Å². The van der Waals surface area contributed by atoms with Crippen molar-refractivity contribution < 1.29 is 14.3 Å². The molecule has 1 N–H and O–H groups in total. The van der Waals surface area contributed by atoms with Gasteiger partial charge in [0.1, 0.15) is 6.61 Å². The number of hydrogen-bond acceptors (Lipinski definition) is 4. The Hall–Kier alpha value is -0.610. The van der Waals surface area contributed by atoms with Crippen molar-refractivity contribution in [1.29, 1.82) is 0 Å². The van der Waals surface area contributed by atoms with E-state index in [9.17, 15) is 4.79 Å². The van der Waals surface area contributed by atoms with Crippen LogP contribution in [0.25, 0.3) is 0 Å². The van der Waals surface area contributed by atoms with Gasteiger partial charge in [0.2, 0.25) is 0 Å². The van der Waals surface area contributed by atoms with Crippen molar-refractivity contribution in [3.05, 3.63) is 0 Å². The first-order valence-corrected chi connectivity index (χ1v) is 5.56. The number of nitrogens with one attached hydrogen (secondary N) is 1. The van der Waals surface area contributed by atoms with Gasteiger partial charge < -0.3 is 14.8 Å². The zero-order valence-electron chi connectivity index (χ0n) is 10.2. The zero-order valence-corrected chi connectivity index (χ0v) is 10.2. The van der Waals surface area contributed by atoms with Gasteiger partial charge in [0.15, 0.2) is 0 Å². The summed E-state index contributed by atoms with van der Waals surface area (Å²) in [6.45, 7) is 9.57. The quantitative estimate of drug-likeness (QED) is 0.492. The second-order valence-corrected chi connectivity index (χ2v) is 3.80. The van der Waals surface area contributed by atoms with E-state index in [1.165, 1.54) is 0 Å². The van der Waals surface area contributed by atoms with E-state index < -0.39 is 0 Å². The van der Waals surface area contributed by atoms with Crippen molar-refractivity contribution in [2.24, 2.45) is 0 Å². The van der Waals surface area contributed by atoms with E-state index in [4.69, 9.17) is 9.47 Å². The van der Waals surface area contributed by atoms with Crippen LogP contribution in [0.4, 0.5) is 0 Å². The molecule has 4 nitrogen and oxygen atoms in total. The van der Waals surface area contributed by atoms with E-state index in [0.717, 1.165) is 6.54 Å². The van der Waals surface area contributed by atoms with Crippen molar-refractivity contribution in [2.45, 2.75) is 46.3 Å². The summed E-state index contributed by atoms with van der Waals surface area (Å²) in [5.41, 5.74) is 0. The van der Waals surface area contributed by atoms with Crippen molar-refractivity contribution in [2.75, 3.05) is 19.8 Å². The fourth-order valence-corrected chi connectivity index (χ4v) is 1.17. The number of carbonyl (C=O) groups excluding carboxylic acids is 1. The zero-order chi connectivity index (χ0) is 11.7. The van der Waals surface area contributed by atoms with E-state index in [1.54, 1.807) is 0 Å². The number of rotatable bonds is 8. The lowest BCUT2D eigenvalue weighted by molar-refractivity contribution is -0.146. The molecule has 0 fully saturated rings. The summed E-state index contributed by atoms with van der Waals surface area (Å²) in [6, 6.07) is 0.175. The molecule has 0 aliphatic carbocycles. The molecular formula is C11H23NO3. The molecule has 90 valence electrons. The predicted octanol–water partition coefficient (Wildman–Crippen LogP) is 1.34. The average molecular weight is 217 g/mol. The van der Waals surface area contributed by atoms with Gasteiger partial charge in [-0.25, -0.2) is 0 Å². The van der Waals surface area contributed by atoms with Crippen LogP contribution in [0.1, 0.15) is 34.1 Å². The van der Waals surface area contributed by atoms with Crippen LogP contribution < -0.4 is 5.32 Å². The minimum Gasteiger partial charge on any atom is -0.463 e. The summed E-state index contributed by atoms with van der Waals surface area (Å²) in [5, 5.41) is 3.15. The van der Waals surface area contributed by atoms with E-state index in [0.29, 0.717) is 19.6 Å². The molecule has 0 aromatic heterocycles. The summed E-state index contributed by atoms with van der Waals surface area (Å²) in [4.78, 5) is 11.3. The lowest BCUT2D eigenvalue weighted by Gasteiger charge is -2.12. The fourth-order valence-electron chi connectivity index (χ4n) is 1.17. The standard InChI is InChI=1S/C11H23NO3/c1-5-12-10(4)8-11(13)15-7-6-14-9(2)3/h9-10,12H,5-8H2,1-4H3. The van der Waals surface area contributed by atoms with Gasteiger partial charge >= 0.3 is 5.97 Å². The third-order valence-corrected chi connectivity index (χ3v) is 1.82. The SMILES string of the molecule is CCNC(C)CC(=O)OCCOC(C)C. The van der Waals surface area contributed by atoms with E-state index in [2.05, 4.69) is 5.32 Å². The molecule has 0 rings (SSSR count). The highest BCUT2D eigenvalue weighted by Gasteiger charge is 2.08. The maximum absolute atomic E-state index is 11.3. The Morgan fingerprint density at radius 1 is 1.27 bits per heavy atom. The average Bonchev–Trinajstić information content (AvgIpc) is 2.12. The van der Waals surface area contributed by atoms with Gasteiger partial charge in [-0.1, -0.05) is 6.92 Å². The molecule has 0 aromatic rings. The summed E-state index contributed by atoms with van der Waals surface area (Å²) in [7, 11) is 0. The first-order chi connectivity index (χ1) is 7.06. The molecule has 0 amide bonds. The second-order valence-electron chi connectivity index (χ2n) is 3.80. The Kier molecular flexibility index (Phi) is 8.33. The highest BCUT2D eigenvalue weighted by atomic mass is 16.6. The summed E-state index contributed by atoms with van der Waals surface area (Å²) in [6.07, 6.45) is 0.597. The topological polar surface area (TPSA) is 47.6 Å². The third-order valence-electron chi connectivity index (χ3n) is 1.82. The Balaban J connectivity index is 3.40. The minimum absolute atomic E-state index is 0.171. The van der Waals surface area contributed by atoms with Crippen molar-refractivity contribution >= 4 is 5.97 Å². The Bertz CT molecular complexity index is 171. The molecule has 0 aliphatic heterocycles. The minimum atomic E-state index is -0.171. The molecule has 0 heterocycles. The molecule has 15 heavy (non-hydrogen) atoms. The molecule has 0 aromatic carbocycles. The molecule has 0 bridgehead atoms. The second kappa shape index (κ2) is 8.68. The molecule has 0 spiro atoms. The Labute approximate surface area is 92.3 Å². The molecule has 0 saturated carbocycles. The van der Waals surface area contributed by atoms with Crippen LogP contribution in [0.3, 0.4) is 0 Å². The highest BCUT2D eigenvalue weighted by molar-refractivity contribution is 5.70. The summed E-state index contributed by atoms with van der Waals surface area (Å²) in [5.74, 6) is -0.171. The molecule has 1 unspecified atom stereocenters. The third kappa shape index (κ3) is 9.69. The van der Waals surface area contributed by atoms with Crippen molar-refractivity contribution in [1.82, 2.24) is 5.32 Å². The number of hydrogen-bond donors (Lipinski definition) is 1. The Morgan fingerprint density at radius 2 is 1.93 bits per heavy atom. The molecule has 0 saturated heterocycles. The predicted molar refractivity (Wildman–Crippen MR) is 59.8 cm³/mol. The van der Waals surface area contributed by atoms with Gasteiger partial charge in [-0.15, -0.1) is 0 Å². The first-order valence-electron chi connectivity index (χ1n) is 5.56. The van der Waals surface area contributed by atoms with Crippen LogP contribution in [0.15, 0.2) is 0 Å². The summed E-state index contributed by atoms with van der Waals surface area (Å²) >= 11 is 0. The number of ether oxygens (including phenoxy) is 2. The van der Waals surface area contributed by atoms with Crippen LogP contribution >= 0.6 is 0 Å². The van der Waals surface area contributed by atoms with Gasteiger partial charge in [0, 0.05) is 6.04 Å². The maximum Gasteiger partial charge on any atom is 0.307 e. The number of esters is 1. The highest BCUT2D eigenvalue weighted by Crippen LogP contribution is 1.94. The van der Waals surface area contributed by atoms with Crippen molar-refractivity contribution in [3.63, 3.8) is 0 Å². The van der Waals surface area contributed by atoms with Crippen LogP contribution in [-0.2, 0) is 14.3 Å². The van der Waals surface area contributed by atoms with Crippen molar-refractivity contribution in [3.8, 4) is 0 Å². The fraction of sp³-hybridized carbons (Fsp3) is 0.909. The van der Waals surface area contributed by atoms with Gasteiger partial charge in [0.25, 0.3) is 0 Å². The van der Waals surface area contributed by atoms with Gasteiger partial charge in [0.05, 0.1) is 19.1 Å². The van der Waals surface area contributed by atoms with Gasteiger partial charge in [-0.3, -0.25) is 4.79 Å². The van der Waals surface area contributed by atoms with Gasteiger partial charge in [-0.2, -0.15) is 0 Å². The smallest absolute Gasteiger partial charge is 0.307 e. The van der Waals surface area contributed by atoms with Crippen LogP contribution in [0.5, 0.6) is 0 Å².